The molecule has 0 radical (unpaired) electrons. The van der Waals surface area contributed by atoms with Gasteiger partial charge in [-0.15, -0.1) is 5.10 Å². The smallest absolute Gasteiger partial charge is 0.264 e. The van der Waals surface area contributed by atoms with E-state index in [1.807, 2.05) is 30.2 Å². The van der Waals surface area contributed by atoms with E-state index < -0.39 is 0 Å². The summed E-state index contributed by atoms with van der Waals surface area (Å²) in [7, 11) is 1.81. The molecule has 1 aliphatic rings. The Morgan fingerprint density at radius 2 is 2.14 bits per heavy atom. The highest BCUT2D eigenvalue weighted by Crippen LogP contribution is 2.44. The number of hydrogen-bond acceptors (Lipinski definition) is 6. The zero-order chi connectivity index (χ0) is 20.0. The summed E-state index contributed by atoms with van der Waals surface area (Å²) in [6, 6.07) is 4.24. The van der Waals surface area contributed by atoms with E-state index in [-0.39, 0.29) is 11.6 Å². The van der Waals surface area contributed by atoms with Gasteiger partial charge in [0, 0.05) is 18.8 Å². The fourth-order valence-electron chi connectivity index (χ4n) is 3.91. The minimum atomic E-state index is -0.375. The lowest BCUT2D eigenvalue weighted by Gasteiger charge is -2.38. The first-order chi connectivity index (χ1) is 14.1. The highest BCUT2D eigenvalue weighted by atomic mass is 15.4. The second kappa shape index (κ2) is 6.24. The third kappa shape index (κ3) is 2.65. The van der Waals surface area contributed by atoms with E-state index in [1.54, 1.807) is 27.8 Å². The Morgan fingerprint density at radius 1 is 1.28 bits per heavy atom. The lowest BCUT2D eigenvalue weighted by atomic mass is 9.71. The highest BCUT2D eigenvalue weighted by Gasteiger charge is 2.52. The van der Waals surface area contributed by atoms with Crippen molar-refractivity contribution in [2.75, 3.05) is 0 Å². The molecule has 0 bridgehead atoms. The predicted octanol–water partition coefficient (Wildman–Crippen LogP) is 2.12. The van der Waals surface area contributed by atoms with Crippen molar-refractivity contribution in [3.63, 3.8) is 0 Å². The fourth-order valence-corrected chi connectivity index (χ4v) is 3.91. The van der Waals surface area contributed by atoms with Gasteiger partial charge < -0.3 is 0 Å². The minimum absolute atomic E-state index is 0.0654. The molecule has 1 fully saturated rings. The molecule has 0 spiro atoms. The van der Waals surface area contributed by atoms with E-state index in [4.69, 9.17) is 11.6 Å². The lowest BCUT2D eigenvalue weighted by molar-refractivity contribution is 0.121. The summed E-state index contributed by atoms with van der Waals surface area (Å²) in [5.74, 6) is 0. The molecule has 5 rings (SSSR count). The SMILES string of the molecule is C#[N+]C1CC(CC#N)(n2cc(-c3nc(-c4cn(C)nn4)cn4nccc34)cn2)C1. The Morgan fingerprint density at radius 3 is 2.86 bits per heavy atom. The van der Waals surface area contributed by atoms with Crippen LogP contribution >= 0.6 is 0 Å². The van der Waals surface area contributed by atoms with Crippen LogP contribution in [0.25, 0.3) is 33.0 Å². The molecule has 1 aliphatic carbocycles. The Bertz CT molecular complexity index is 1290. The van der Waals surface area contributed by atoms with Gasteiger partial charge in [-0.3, -0.25) is 9.36 Å². The highest BCUT2D eigenvalue weighted by molar-refractivity contribution is 5.77. The number of hydrogen-bond donors (Lipinski definition) is 0. The van der Waals surface area contributed by atoms with E-state index in [0.29, 0.717) is 30.7 Å². The zero-order valence-electron chi connectivity index (χ0n) is 15.7. The number of aryl methyl sites for hydroxylation is 1. The van der Waals surface area contributed by atoms with Crippen molar-refractivity contribution in [2.45, 2.75) is 30.8 Å². The van der Waals surface area contributed by atoms with Crippen LogP contribution in [0.4, 0.5) is 0 Å². The Balaban J connectivity index is 1.59. The van der Waals surface area contributed by atoms with Crippen molar-refractivity contribution < 1.29 is 0 Å². The molecule has 4 aromatic heterocycles. The van der Waals surface area contributed by atoms with Crippen LogP contribution in [0.5, 0.6) is 0 Å². The average molecular weight is 385 g/mol. The van der Waals surface area contributed by atoms with Gasteiger partial charge in [0.15, 0.2) is 0 Å². The van der Waals surface area contributed by atoms with Gasteiger partial charge in [0.25, 0.3) is 12.6 Å². The molecule has 0 unspecified atom stereocenters. The van der Waals surface area contributed by atoms with Gasteiger partial charge in [0.2, 0.25) is 0 Å². The van der Waals surface area contributed by atoms with Gasteiger partial charge in [-0.25, -0.2) is 9.50 Å². The number of aromatic nitrogens is 8. The van der Waals surface area contributed by atoms with Gasteiger partial charge >= 0.3 is 0 Å². The summed E-state index contributed by atoms with van der Waals surface area (Å²) in [5.41, 5.74) is 3.38. The molecule has 142 valence electrons. The lowest BCUT2D eigenvalue weighted by Crippen LogP contribution is -2.48. The number of nitrogens with zero attached hydrogens (tertiary/aromatic N) is 10. The normalized spacial score (nSPS) is 20.9. The van der Waals surface area contributed by atoms with Crippen LogP contribution in [0.2, 0.25) is 0 Å². The van der Waals surface area contributed by atoms with Crippen molar-refractivity contribution in [2.24, 2.45) is 7.05 Å². The largest absolute Gasteiger partial charge is 0.276 e. The molecule has 0 atom stereocenters. The maximum atomic E-state index is 9.30. The Hall–Kier alpha value is -4.05. The number of fused-ring (bicyclic) bond motifs is 1. The van der Waals surface area contributed by atoms with Crippen molar-refractivity contribution in [1.82, 2.24) is 39.4 Å². The van der Waals surface area contributed by atoms with Crippen LogP contribution in [0, 0.1) is 17.9 Å². The van der Waals surface area contributed by atoms with E-state index in [0.717, 1.165) is 16.8 Å². The summed E-state index contributed by atoms with van der Waals surface area (Å²) in [6.45, 7) is 5.43. The van der Waals surface area contributed by atoms with Gasteiger partial charge in [0.1, 0.15) is 11.4 Å². The van der Waals surface area contributed by atoms with Crippen molar-refractivity contribution in [3.8, 4) is 35.3 Å². The molecule has 0 aliphatic heterocycles. The maximum absolute atomic E-state index is 9.30. The molecule has 0 saturated heterocycles. The van der Waals surface area contributed by atoms with Crippen LogP contribution in [-0.4, -0.2) is 45.4 Å². The van der Waals surface area contributed by atoms with Crippen LogP contribution in [0.15, 0.2) is 37.1 Å². The monoisotopic (exact) mass is 385 g/mol. The maximum Gasteiger partial charge on any atom is 0.276 e. The van der Waals surface area contributed by atoms with Gasteiger partial charge in [-0.1, -0.05) is 10.1 Å². The van der Waals surface area contributed by atoms with E-state index in [9.17, 15) is 5.26 Å². The number of nitriles is 1. The first-order valence-electron chi connectivity index (χ1n) is 9.15. The van der Waals surface area contributed by atoms with Crippen LogP contribution in [-0.2, 0) is 12.6 Å². The summed E-state index contributed by atoms with van der Waals surface area (Å²) in [4.78, 5) is 8.66. The zero-order valence-corrected chi connectivity index (χ0v) is 15.7. The molecule has 4 aromatic rings. The summed E-state index contributed by atoms with van der Waals surface area (Å²) >= 11 is 0. The summed E-state index contributed by atoms with van der Waals surface area (Å²) < 4.78 is 5.25. The van der Waals surface area contributed by atoms with Gasteiger partial charge in [-0.05, 0) is 6.07 Å². The molecule has 29 heavy (non-hydrogen) atoms. The van der Waals surface area contributed by atoms with Crippen molar-refractivity contribution >= 4 is 5.52 Å². The molecule has 10 heteroatoms. The average Bonchev–Trinajstić information content (AvgIpc) is 3.43. The van der Waals surface area contributed by atoms with Crippen LogP contribution < -0.4 is 0 Å². The summed E-state index contributed by atoms with van der Waals surface area (Å²) in [5, 5.41) is 26.3. The molecule has 10 nitrogen and oxygen atoms in total. The third-order valence-electron chi connectivity index (χ3n) is 5.45. The quantitative estimate of drug-likeness (QED) is 0.533. The van der Waals surface area contributed by atoms with Crippen molar-refractivity contribution in [1.29, 1.82) is 5.26 Å². The topological polar surface area (TPSA) is 107 Å². The molecule has 1 saturated carbocycles. The van der Waals surface area contributed by atoms with Crippen molar-refractivity contribution in [3.05, 3.63) is 41.9 Å². The van der Waals surface area contributed by atoms with Crippen LogP contribution in [0.3, 0.4) is 0 Å². The standard InChI is InChI=1S/C19H17N10/c1-21-14-7-19(8-14,4-5-20)29-10-13(9-23-29)18-17-3-6-22-28(17)12-15(24-18)16-11-27(2)26-25-16/h1,3,6,9-12,14H,4,7-8H2,2H3/q+1. The van der Waals surface area contributed by atoms with E-state index in [1.165, 1.54) is 0 Å². The van der Waals surface area contributed by atoms with E-state index in [2.05, 4.69) is 31.4 Å². The van der Waals surface area contributed by atoms with E-state index >= 15 is 0 Å². The molecule has 0 aromatic carbocycles. The first kappa shape index (κ1) is 17.1. The second-order valence-electron chi connectivity index (χ2n) is 7.36. The molecule has 0 N–H and O–H groups in total. The first-order valence-corrected chi connectivity index (χ1v) is 9.15. The minimum Gasteiger partial charge on any atom is -0.264 e. The van der Waals surface area contributed by atoms with Crippen LogP contribution in [0.1, 0.15) is 19.3 Å². The Kier molecular flexibility index (Phi) is 3.68. The Labute approximate surface area is 165 Å². The molecular formula is C19H17N10+. The summed E-state index contributed by atoms with van der Waals surface area (Å²) in [6.07, 6.45) is 10.8. The number of rotatable bonds is 4. The molecule has 0 amide bonds. The molecule has 4 heterocycles. The molecular weight excluding hydrogens is 368 g/mol. The third-order valence-corrected chi connectivity index (χ3v) is 5.45. The van der Waals surface area contributed by atoms with Gasteiger partial charge in [-0.2, -0.15) is 15.5 Å². The second-order valence-corrected chi connectivity index (χ2v) is 7.36. The predicted molar refractivity (Wildman–Crippen MR) is 104 cm³/mol. The van der Waals surface area contributed by atoms with Gasteiger partial charge in [0.05, 0.1) is 66.9 Å². The fraction of sp³-hybridized carbons (Fsp3) is 0.316.